The molecule has 32 heavy (non-hydrogen) atoms. The van der Waals surface area contributed by atoms with E-state index in [1.807, 2.05) is 5.32 Å². The lowest BCUT2D eigenvalue weighted by atomic mass is 10.1. The largest absolute Gasteiger partial charge is 0.497 e. The number of nitrogens with one attached hydrogen (secondary N) is 2. The second-order valence-electron chi connectivity index (χ2n) is 6.83. The number of carbonyl (C=O) groups is 4. The van der Waals surface area contributed by atoms with Crippen LogP contribution in [0.5, 0.6) is 5.75 Å². The minimum atomic E-state index is -0.943. The van der Waals surface area contributed by atoms with Gasteiger partial charge in [-0.2, -0.15) is 0 Å². The Morgan fingerprint density at radius 2 is 2.09 bits per heavy atom. The molecule has 1 heterocycles. The number of urea groups is 1. The summed E-state index contributed by atoms with van der Waals surface area (Å²) in [6.07, 6.45) is 0.210. The lowest BCUT2D eigenvalue weighted by Gasteiger charge is -2.21. The predicted molar refractivity (Wildman–Crippen MR) is 111 cm³/mol. The van der Waals surface area contributed by atoms with Gasteiger partial charge < -0.3 is 20.7 Å². The number of fused-ring (bicyclic) bond motifs is 1. The Morgan fingerprint density at radius 3 is 2.78 bits per heavy atom. The summed E-state index contributed by atoms with van der Waals surface area (Å²) in [6, 6.07) is 7.07. The number of carbonyl (C=O) groups excluding carboxylic acids is 4. The van der Waals surface area contributed by atoms with Crippen molar-refractivity contribution in [3.63, 3.8) is 0 Å². The number of halogens is 1. The van der Waals surface area contributed by atoms with Crippen LogP contribution in [-0.2, 0) is 11.3 Å². The Kier molecular flexibility index (Phi) is 6.70. The molecule has 10 heteroatoms. The van der Waals surface area contributed by atoms with Gasteiger partial charge in [-0.15, -0.1) is 0 Å². The zero-order valence-corrected chi connectivity index (χ0v) is 17.0. The number of amides is 5. The molecule has 0 bridgehead atoms. The fourth-order valence-electron chi connectivity index (χ4n) is 3.18. The van der Waals surface area contributed by atoms with Crippen molar-refractivity contribution in [1.29, 1.82) is 0 Å². The number of hydrogen-bond donors (Lipinski definition) is 3. The van der Waals surface area contributed by atoms with Gasteiger partial charge in [0.25, 0.3) is 11.8 Å². The van der Waals surface area contributed by atoms with Crippen LogP contribution in [0.1, 0.15) is 31.8 Å². The minimum Gasteiger partial charge on any atom is -0.497 e. The summed E-state index contributed by atoms with van der Waals surface area (Å²) in [5.74, 6) is 4.06. The number of nitrogens with two attached hydrogens (primary N) is 1. The average molecular weight is 438 g/mol. The van der Waals surface area contributed by atoms with Gasteiger partial charge in [-0.25, -0.2) is 9.18 Å². The molecular formula is C22H19FN4O5. The van der Waals surface area contributed by atoms with Crippen molar-refractivity contribution in [3.8, 4) is 17.6 Å². The summed E-state index contributed by atoms with van der Waals surface area (Å²) in [7, 11) is 1.50. The molecule has 0 radical (unpaired) electrons. The lowest BCUT2D eigenvalue weighted by Crippen LogP contribution is -2.46. The number of ether oxygens (including phenoxy) is 1. The number of hydrogen-bond acceptors (Lipinski definition) is 5. The molecule has 0 aliphatic carbocycles. The van der Waals surface area contributed by atoms with Crippen molar-refractivity contribution in [2.24, 2.45) is 5.73 Å². The molecule has 1 atom stereocenters. The van der Waals surface area contributed by atoms with Crippen molar-refractivity contribution in [1.82, 2.24) is 15.5 Å². The third kappa shape index (κ3) is 5.02. The third-order valence-corrected chi connectivity index (χ3v) is 4.72. The Morgan fingerprint density at radius 1 is 1.31 bits per heavy atom. The molecule has 0 saturated carbocycles. The van der Waals surface area contributed by atoms with Crippen LogP contribution in [0, 0.1) is 17.7 Å². The summed E-state index contributed by atoms with van der Waals surface area (Å²) in [4.78, 5) is 48.0. The van der Waals surface area contributed by atoms with E-state index in [1.54, 1.807) is 18.2 Å². The second-order valence-corrected chi connectivity index (χ2v) is 6.83. The summed E-state index contributed by atoms with van der Waals surface area (Å²) >= 11 is 0. The van der Waals surface area contributed by atoms with E-state index in [-0.39, 0.29) is 30.0 Å². The van der Waals surface area contributed by atoms with E-state index < -0.39 is 23.8 Å². The van der Waals surface area contributed by atoms with Gasteiger partial charge in [-0.1, -0.05) is 17.9 Å². The predicted octanol–water partition coefficient (Wildman–Crippen LogP) is 0.765. The van der Waals surface area contributed by atoms with Gasteiger partial charge in [0.2, 0.25) is 6.41 Å². The molecular weight excluding hydrogens is 419 g/mol. The maximum atomic E-state index is 13.7. The van der Waals surface area contributed by atoms with Crippen molar-refractivity contribution >= 4 is 24.3 Å². The van der Waals surface area contributed by atoms with E-state index in [2.05, 4.69) is 17.2 Å². The van der Waals surface area contributed by atoms with Gasteiger partial charge in [0, 0.05) is 17.7 Å². The van der Waals surface area contributed by atoms with Crippen LogP contribution in [-0.4, -0.2) is 48.9 Å². The topological polar surface area (TPSA) is 131 Å². The molecule has 5 amide bonds. The molecule has 0 spiro atoms. The van der Waals surface area contributed by atoms with Crippen LogP contribution >= 0.6 is 0 Å². The molecule has 2 aromatic carbocycles. The zero-order valence-electron chi connectivity index (χ0n) is 17.0. The highest BCUT2D eigenvalue weighted by atomic mass is 19.1. The Labute approximate surface area is 182 Å². The zero-order chi connectivity index (χ0) is 23.3. The summed E-state index contributed by atoms with van der Waals surface area (Å²) in [6.45, 7) is 0.314. The average Bonchev–Trinajstić information content (AvgIpc) is 3.07. The summed E-state index contributed by atoms with van der Waals surface area (Å²) < 4.78 is 18.8. The highest BCUT2D eigenvalue weighted by Crippen LogP contribution is 2.26. The molecule has 2 aromatic rings. The normalized spacial score (nSPS) is 12.8. The molecule has 0 fully saturated rings. The summed E-state index contributed by atoms with van der Waals surface area (Å²) in [5.41, 5.74) is 6.39. The lowest BCUT2D eigenvalue weighted by molar-refractivity contribution is -0.108. The number of rotatable bonds is 6. The van der Waals surface area contributed by atoms with E-state index in [0.717, 1.165) is 11.6 Å². The monoisotopic (exact) mass is 438 g/mol. The first kappa shape index (κ1) is 22.3. The molecule has 0 unspecified atom stereocenters. The summed E-state index contributed by atoms with van der Waals surface area (Å²) in [5, 5.41) is 4.44. The van der Waals surface area contributed by atoms with Crippen LogP contribution < -0.4 is 21.1 Å². The number of benzene rings is 2. The molecule has 164 valence electrons. The first-order valence-electron chi connectivity index (χ1n) is 9.40. The molecule has 0 saturated heterocycles. The number of imide groups is 1. The Hall–Kier alpha value is -4.39. The van der Waals surface area contributed by atoms with Crippen molar-refractivity contribution in [3.05, 3.63) is 64.5 Å². The van der Waals surface area contributed by atoms with Gasteiger partial charge in [0.1, 0.15) is 17.6 Å². The van der Waals surface area contributed by atoms with E-state index in [4.69, 9.17) is 10.5 Å². The van der Waals surface area contributed by atoms with E-state index in [9.17, 15) is 23.6 Å². The quantitative estimate of drug-likeness (QED) is 0.453. The molecule has 1 aliphatic heterocycles. The van der Waals surface area contributed by atoms with Crippen LogP contribution in [0.2, 0.25) is 0 Å². The minimum absolute atomic E-state index is 0.0129. The van der Waals surface area contributed by atoms with Crippen LogP contribution in [0.15, 0.2) is 36.4 Å². The van der Waals surface area contributed by atoms with Gasteiger partial charge >= 0.3 is 6.03 Å². The SMILES string of the molecule is COc1ccc2c(c1)C(=O)N(C[C@@H](C#Cc1ccc(F)c(C(N)=O)c1)NC(=O)NC=O)C2. The standard InChI is InChI=1S/C22H19FN4O5/c1-32-16-6-4-14-10-27(21(30)17(14)9-16)11-15(26-22(31)25-12-28)5-2-13-3-7-19(23)18(8-13)20(24)29/h3-4,6-9,12,15H,10-11H2,1H3,(H2,24,29)(H2,25,26,28,31)/t15-/m1/s1. The molecule has 3 rings (SSSR count). The van der Waals surface area contributed by atoms with Gasteiger partial charge in [-0.3, -0.25) is 19.7 Å². The Bertz CT molecular complexity index is 1150. The van der Waals surface area contributed by atoms with Crippen LogP contribution in [0.4, 0.5) is 9.18 Å². The van der Waals surface area contributed by atoms with Crippen LogP contribution in [0.3, 0.4) is 0 Å². The van der Waals surface area contributed by atoms with Crippen molar-refractivity contribution < 1.29 is 28.3 Å². The van der Waals surface area contributed by atoms with Crippen molar-refractivity contribution in [2.75, 3.05) is 13.7 Å². The van der Waals surface area contributed by atoms with Crippen molar-refractivity contribution in [2.45, 2.75) is 12.6 Å². The van der Waals surface area contributed by atoms with Gasteiger partial charge in [0.15, 0.2) is 0 Å². The van der Waals surface area contributed by atoms with E-state index >= 15 is 0 Å². The van der Waals surface area contributed by atoms with E-state index in [1.165, 1.54) is 24.1 Å². The second kappa shape index (κ2) is 9.61. The fraction of sp³-hybridized carbons (Fsp3) is 0.182. The van der Waals surface area contributed by atoms with E-state index in [0.29, 0.717) is 17.9 Å². The Balaban J connectivity index is 1.83. The highest BCUT2D eigenvalue weighted by molar-refractivity contribution is 5.99. The maximum absolute atomic E-state index is 13.7. The molecule has 4 N–H and O–H groups in total. The highest BCUT2D eigenvalue weighted by Gasteiger charge is 2.29. The number of methoxy groups -OCH3 is 1. The molecule has 1 aliphatic rings. The van der Waals surface area contributed by atoms with Crippen LogP contribution in [0.25, 0.3) is 0 Å². The molecule has 0 aromatic heterocycles. The number of nitrogens with zero attached hydrogens (tertiary/aromatic N) is 1. The fourth-order valence-corrected chi connectivity index (χ4v) is 3.18. The first-order valence-corrected chi connectivity index (χ1v) is 9.40. The smallest absolute Gasteiger partial charge is 0.322 e. The third-order valence-electron chi connectivity index (χ3n) is 4.72. The van der Waals surface area contributed by atoms with Gasteiger partial charge in [0.05, 0.1) is 19.2 Å². The maximum Gasteiger partial charge on any atom is 0.322 e. The first-order chi connectivity index (χ1) is 15.3. The molecule has 9 nitrogen and oxygen atoms in total. The van der Waals surface area contributed by atoms with Gasteiger partial charge in [-0.05, 0) is 35.9 Å². The number of primary amides is 1.